The molecule has 2 aromatic rings. The number of hydrogen-bond donors (Lipinski definition) is 1. The van der Waals surface area contributed by atoms with Crippen molar-refractivity contribution in [1.82, 2.24) is 0 Å². The average molecular weight is 390 g/mol. The zero-order valence-corrected chi connectivity index (χ0v) is 16.5. The number of hydrogen-bond acceptors (Lipinski definition) is 4. The van der Waals surface area contributed by atoms with Gasteiger partial charge in [0.25, 0.3) is 5.91 Å². The van der Waals surface area contributed by atoms with E-state index in [9.17, 15) is 9.59 Å². The van der Waals surface area contributed by atoms with Crippen molar-refractivity contribution in [2.24, 2.45) is 0 Å². The van der Waals surface area contributed by atoms with Gasteiger partial charge in [0.1, 0.15) is 5.75 Å². The van der Waals surface area contributed by atoms with E-state index in [-0.39, 0.29) is 6.61 Å². The van der Waals surface area contributed by atoms with Crippen molar-refractivity contribution in [3.63, 3.8) is 0 Å². The molecule has 2 rings (SSSR count). The average Bonchev–Trinajstić information content (AvgIpc) is 2.67. The molecule has 0 heterocycles. The number of nitrogens with one attached hydrogen (secondary N) is 1. The Morgan fingerprint density at radius 1 is 1.07 bits per heavy atom. The second-order valence-electron chi connectivity index (χ2n) is 6.24. The Bertz CT molecular complexity index is 793. The van der Waals surface area contributed by atoms with Gasteiger partial charge in [-0.25, -0.2) is 4.79 Å². The maximum Gasteiger partial charge on any atom is 0.344 e. The Morgan fingerprint density at radius 2 is 1.74 bits per heavy atom. The van der Waals surface area contributed by atoms with Crippen molar-refractivity contribution in [2.45, 2.75) is 39.2 Å². The van der Waals surface area contributed by atoms with Gasteiger partial charge in [0.15, 0.2) is 12.7 Å². The van der Waals surface area contributed by atoms with Gasteiger partial charge in [-0.1, -0.05) is 55.8 Å². The maximum absolute atomic E-state index is 12.4. The van der Waals surface area contributed by atoms with E-state index in [1.165, 1.54) is 6.92 Å². The third-order valence-corrected chi connectivity index (χ3v) is 4.53. The number of para-hydroxylation sites is 2. The highest BCUT2D eigenvalue weighted by Crippen LogP contribution is 2.26. The Kier molecular flexibility index (Phi) is 7.67. The lowest BCUT2D eigenvalue weighted by Crippen LogP contribution is -2.32. The summed E-state index contributed by atoms with van der Waals surface area (Å²) < 4.78 is 10.5. The number of carbonyl (C=O) groups excluding carboxylic acids is 2. The van der Waals surface area contributed by atoms with Crippen molar-refractivity contribution >= 4 is 29.2 Å². The van der Waals surface area contributed by atoms with Crippen LogP contribution in [-0.4, -0.2) is 24.6 Å². The third-order valence-electron chi connectivity index (χ3n) is 4.22. The SMILES string of the molecule is CC[C@@H](C)c1ccccc1NC(=O)[C@H](C)OC(=O)COc1ccccc1Cl. The van der Waals surface area contributed by atoms with Crippen molar-refractivity contribution < 1.29 is 19.1 Å². The second-order valence-corrected chi connectivity index (χ2v) is 6.64. The van der Waals surface area contributed by atoms with E-state index in [4.69, 9.17) is 21.1 Å². The first-order valence-corrected chi connectivity index (χ1v) is 9.26. The molecule has 27 heavy (non-hydrogen) atoms. The first-order valence-electron chi connectivity index (χ1n) is 8.89. The van der Waals surface area contributed by atoms with E-state index in [1.54, 1.807) is 24.3 Å². The molecule has 0 fully saturated rings. The van der Waals surface area contributed by atoms with Crippen LogP contribution >= 0.6 is 11.6 Å². The fraction of sp³-hybridized carbons (Fsp3) is 0.333. The van der Waals surface area contributed by atoms with Gasteiger partial charge < -0.3 is 14.8 Å². The second kappa shape index (κ2) is 9.97. The van der Waals surface area contributed by atoms with Crippen LogP contribution in [0.3, 0.4) is 0 Å². The number of amides is 1. The minimum absolute atomic E-state index is 0.309. The van der Waals surface area contributed by atoms with Crippen LogP contribution in [0, 0.1) is 0 Å². The van der Waals surface area contributed by atoms with Crippen LogP contribution in [0.25, 0.3) is 0 Å². The molecule has 1 amide bonds. The minimum Gasteiger partial charge on any atom is -0.480 e. The summed E-state index contributed by atoms with van der Waals surface area (Å²) in [6.45, 7) is 5.38. The first-order chi connectivity index (χ1) is 12.9. The summed E-state index contributed by atoms with van der Waals surface area (Å²) in [5, 5.41) is 3.24. The van der Waals surface area contributed by atoms with E-state index in [0.29, 0.717) is 16.7 Å². The zero-order valence-electron chi connectivity index (χ0n) is 15.7. The molecule has 0 bridgehead atoms. The van der Waals surface area contributed by atoms with E-state index >= 15 is 0 Å². The molecule has 0 saturated heterocycles. The fourth-order valence-corrected chi connectivity index (χ4v) is 2.67. The lowest BCUT2D eigenvalue weighted by Gasteiger charge is -2.18. The van der Waals surface area contributed by atoms with E-state index in [0.717, 1.165) is 17.7 Å². The highest BCUT2D eigenvalue weighted by Gasteiger charge is 2.20. The lowest BCUT2D eigenvalue weighted by molar-refractivity contribution is -0.155. The molecule has 0 spiro atoms. The van der Waals surface area contributed by atoms with Crippen molar-refractivity contribution in [3.8, 4) is 5.75 Å². The number of anilines is 1. The molecule has 5 nitrogen and oxygen atoms in total. The monoisotopic (exact) mass is 389 g/mol. The third kappa shape index (κ3) is 6.00. The van der Waals surface area contributed by atoms with Gasteiger partial charge in [0.2, 0.25) is 0 Å². The number of halogens is 1. The fourth-order valence-electron chi connectivity index (χ4n) is 2.48. The smallest absolute Gasteiger partial charge is 0.344 e. The van der Waals surface area contributed by atoms with Gasteiger partial charge in [0.05, 0.1) is 5.02 Å². The largest absolute Gasteiger partial charge is 0.480 e. The number of carbonyl (C=O) groups is 2. The molecular weight excluding hydrogens is 366 g/mol. The van der Waals surface area contributed by atoms with Gasteiger partial charge >= 0.3 is 5.97 Å². The summed E-state index contributed by atoms with van der Waals surface area (Å²) in [7, 11) is 0. The number of esters is 1. The van der Waals surface area contributed by atoms with Crippen LogP contribution < -0.4 is 10.1 Å². The number of benzene rings is 2. The summed E-state index contributed by atoms with van der Waals surface area (Å²) in [6.07, 6.45) is 0.00825. The van der Waals surface area contributed by atoms with Gasteiger partial charge in [-0.3, -0.25) is 4.79 Å². The summed E-state index contributed by atoms with van der Waals surface area (Å²) in [4.78, 5) is 24.3. The van der Waals surface area contributed by atoms with E-state index in [1.807, 2.05) is 24.3 Å². The molecule has 0 saturated carbocycles. The van der Waals surface area contributed by atoms with Crippen LogP contribution in [0.4, 0.5) is 5.69 Å². The summed E-state index contributed by atoms with van der Waals surface area (Å²) in [5.41, 5.74) is 1.78. The molecule has 0 aliphatic heterocycles. The predicted octanol–water partition coefficient (Wildman–Crippen LogP) is 4.80. The summed E-state index contributed by atoms with van der Waals surface area (Å²) in [6, 6.07) is 14.4. The Morgan fingerprint density at radius 3 is 2.44 bits per heavy atom. The van der Waals surface area contributed by atoms with Crippen LogP contribution in [-0.2, 0) is 14.3 Å². The summed E-state index contributed by atoms with van der Waals surface area (Å²) >= 11 is 5.97. The maximum atomic E-state index is 12.4. The van der Waals surface area contributed by atoms with Crippen LogP contribution in [0.2, 0.25) is 5.02 Å². The van der Waals surface area contributed by atoms with Gasteiger partial charge in [-0.2, -0.15) is 0 Å². The van der Waals surface area contributed by atoms with Gasteiger partial charge in [0, 0.05) is 5.69 Å². The highest BCUT2D eigenvalue weighted by molar-refractivity contribution is 6.32. The van der Waals surface area contributed by atoms with Crippen molar-refractivity contribution in [3.05, 3.63) is 59.1 Å². The Labute approximate surface area is 164 Å². The predicted molar refractivity (Wildman–Crippen MR) is 106 cm³/mol. The minimum atomic E-state index is -0.947. The van der Waals surface area contributed by atoms with Crippen LogP contribution in [0.15, 0.2) is 48.5 Å². The molecule has 144 valence electrons. The molecule has 0 aromatic heterocycles. The Hall–Kier alpha value is -2.53. The molecule has 2 atom stereocenters. The molecule has 1 N–H and O–H groups in total. The van der Waals surface area contributed by atoms with E-state index < -0.39 is 18.0 Å². The van der Waals surface area contributed by atoms with Crippen molar-refractivity contribution in [2.75, 3.05) is 11.9 Å². The molecule has 0 aliphatic carbocycles. The standard InChI is InChI=1S/C21H24ClNO4/c1-4-14(2)16-9-5-7-11-18(16)23-21(25)15(3)27-20(24)13-26-19-12-8-6-10-17(19)22/h5-12,14-15H,4,13H2,1-3H3,(H,23,25)/t14-,15+/m1/s1. The van der Waals surface area contributed by atoms with Crippen molar-refractivity contribution in [1.29, 1.82) is 0 Å². The summed E-state index contributed by atoms with van der Waals surface area (Å²) in [5.74, 6) is -0.344. The molecule has 0 radical (unpaired) electrons. The number of ether oxygens (including phenoxy) is 2. The van der Waals surface area contributed by atoms with Crippen LogP contribution in [0.5, 0.6) is 5.75 Å². The van der Waals surface area contributed by atoms with Crippen LogP contribution in [0.1, 0.15) is 38.7 Å². The quantitative estimate of drug-likeness (QED) is 0.658. The van der Waals surface area contributed by atoms with E-state index in [2.05, 4.69) is 19.2 Å². The highest BCUT2D eigenvalue weighted by atomic mass is 35.5. The Balaban J connectivity index is 1.90. The zero-order chi connectivity index (χ0) is 19.8. The normalized spacial score (nSPS) is 12.7. The first kappa shape index (κ1) is 20.8. The molecular formula is C21H24ClNO4. The van der Waals surface area contributed by atoms with Gasteiger partial charge in [-0.15, -0.1) is 0 Å². The topological polar surface area (TPSA) is 64.6 Å². The lowest BCUT2D eigenvalue weighted by atomic mass is 9.97. The number of rotatable bonds is 8. The van der Waals surface area contributed by atoms with Gasteiger partial charge in [-0.05, 0) is 43.0 Å². The molecule has 0 aliphatic rings. The molecule has 0 unspecified atom stereocenters. The molecule has 2 aromatic carbocycles. The molecule has 6 heteroatoms.